The highest BCUT2D eigenvalue weighted by Crippen LogP contribution is 2.29. The van der Waals surface area contributed by atoms with E-state index in [-0.39, 0.29) is 0 Å². The first kappa shape index (κ1) is 20.7. The summed E-state index contributed by atoms with van der Waals surface area (Å²) in [7, 11) is -0.611. The first-order valence-corrected chi connectivity index (χ1v) is 11.1. The summed E-state index contributed by atoms with van der Waals surface area (Å²) in [6.45, 7) is 5.95. The van der Waals surface area contributed by atoms with Crippen molar-refractivity contribution in [2.24, 2.45) is 0 Å². The Morgan fingerprint density at radius 2 is 1.22 bits per heavy atom. The molecular weight excluding hydrogens is 300 g/mol. The average Bonchev–Trinajstić information content (AvgIpc) is 3.00. The SMILES string of the molecule is C1=C(C2=CCCCCC2)CCCCC1.CCCO[SiH2]OCCC. The van der Waals surface area contributed by atoms with Gasteiger partial charge in [0.05, 0.1) is 0 Å². The van der Waals surface area contributed by atoms with Gasteiger partial charge in [-0.25, -0.2) is 0 Å². The van der Waals surface area contributed by atoms with Crippen molar-refractivity contribution in [3.8, 4) is 0 Å². The Hall–Kier alpha value is -0.383. The van der Waals surface area contributed by atoms with Crippen molar-refractivity contribution in [3.05, 3.63) is 23.3 Å². The van der Waals surface area contributed by atoms with Gasteiger partial charge in [-0.3, -0.25) is 0 Å². The van der Waals surface area contributed by atoms with Gasteiger partial charge < -0.3 is 8.85 Å². The zero-order valence-corrected chi connectivity index (χ0v) is 17.0. The Bertz CT molecular complexity index is 305. The van der Waals surface area contributed by atoms with Crippen LogP contribution in [0.25, 0.3) is 0 Å². The third kappa shape index (κ3) is 10.9. The molecule has 134 valence electrons. The molecule has 3 heteroatoms. The van der Waals surface area contributed by atoms with Crippen LogP contribution in [0.1, 0.15) is 90.9 Å². The summed E-state index contributed by atoms with van der Waals surface area (Å²) < 4.78 is 10.4. The van der Waals surface area contributed by atoms with Crippen molar-refractivity contribution in [2.75, 3.05) is 13.2 Å². The van der Waals surface area contributed by atoms with Gasteiger partial charge >= 0.3 is 10.0 Å². The van der Waals surface area contributed by atoms with E-state index in [0.717, 1.165) is 26.1 Å². The van der Waals surface area contributed by atoms with Crippen molar-refractivity contribution in [2.45, 2.75) is 90.9 Å². The molecule has 0 atom stereocenters. The molecule has 2 aliphatic carbocycles. The minimum Gasteiger partial charge on any atom is -0.399 e. The van der Waals surface area contributed by atoms with Crippen LogP contribution in [0.2, 0.25) is 0 Å². The highest BCUT2D eigenvalue weighted by atomic mass is 28.3. The molecule has 2 nitrogen and oxygen atoms in total. The predicted octanol–water partition coefficient (Wildman–Crippen LogP) is 5.61. The minimum absolute atomic E-state index is 0.611. The molecule has 2 rings (SSSR count). The van der Waals surface area contributed by atoms with Crippen molar-refractivity contribution in [1.29, 1.82) is 0 Å². The summed E-state index contributed by atoms with van der Waals surface area (Å²) in [5.74, 6) is 0. The molecule has 0 amide bonds. The molecular formula is C20H38O2Si. The number of hydrogen-bond donors (Lipinski definition) is 0. The maximum Gasteiger partial charge on any atom is 0.304 e. The van der Waals surface area contributed by atoms with Crippen LogP contribution in [-0.4, -0.2) is 23.2 Å². The molecule has 0 heterocycles. The van der Waals surface area contributed by atoms with Crippen LogP contribution in [-0.2, 0) is 8.85 Å². The topological polar surface area (TPSA) is 18.5 Å². The zero-order chi connectivity index (χ0) is 16.6. The van der Waals surface area contributed by atoms with Crippen LogP contribution in [0.3, 0.4) is 0 Å². The van der Waals surface area contributed by atoms with Crippen LogP contribution in [0.15, 0.2) is 23.3 Å². The fraction of sp³-hybridized carbons (Fsp3) is 0.800. The largest absolute Gasteiger partial charge is 0.399 e. The summed E-state index contributed by atoms with van der Waals surface area (Å²) in [5, 5.41) is 0. The Balaban J connectivity index is 0.000000257. The Morgan fingerprint density at radius 3 is 1.65 bits per heavy atom. The molecule has 0 aromatic carbocycles. The van der Waals surface area contributed by atoms with Crippen LogP contribution in [0.5, 0.6) is 0 Å². The van der Waals surface area contributed by atoms with Gasteiger partial charge in [-0.1, -0.05) is 38.8 Å². The van der Waals surface area contributed by atoms with Gasteiger partial charge in [-0.15, -0.1) is 0 Å². The van der Waals surface area contributed by atoms with Crippen LogP contribution >= 0.6 is 0 Å². The van der Waals surface area contributed by atoms with Crippen LogP contribution in [0, 0.1) is 0 Å². The molecule has 0 aromatic heterocycles. The zero-order valence-electron chi connectivity index (χ0n) is 15.6. The van der Waals surface area contributed by atoms with Crippen LogP contribution < -0.4 is 0 Å². The first-order chi connectivity index (χ1) is 11.4. The lowest BCUT2D eigenvalue weighted by molar-refractivity contribution is 0.222. The highest BCUT2D eigenvalue weighted by Gasteiger charge is 2.09. The molecule has 23 heavy (non-hydrogen) atoms. The number of hydrogen-bond acceptors (Lipinski definition) is 2. The van der Waals surface area contributed by atoms with Gasteiger partial charge in [0.25, 0.3) is 0 Å². The maximum absolute atomic E-state index is 5.20. The van der Waals surface area contributed by atoms with Crippen molar-refractivity contribution in [1.82, 2.24) is 0 Å². The first-order valence-electron chi connectivity index (χ1n) is 9.92. The standard InChI is InChI=1S/C14H22.C6H16O2Si/c1-2-6-10-13(9-5-1)14-11-7-3-4-8-12-14;1-3-5-7-9-8-6-4-2/h9,11H,1-8,10,12H2;3-6,9H2,1-2H3. The van der Waals surface area contributed by atoms with Gasteiger partial charge in [0, 0.05) is 13.2 Å². The second-order valence-electron chi connectivity index (χ2n) is 6.59. The molecule has 0 bridgehead atoms. The monoisotopic (exact) mass is 338 g/mol. The van der Waals surface area contributed by atoms with E-state index >= 15 is 0 Å². The third-order valence-electron chi connectivity index (χ3n) is 4.36. The Labute approximate surface area is 146 Å². The van der Waals surface area contributed by atoms with Gasteiger partial charge in [-0.2, -0.15) is 0 Å². The smallest absolute Gasteiger partial charge is 0.304 e. The van der Waals surface area contributed by atoms with Gasteiger partial charge in [-0.05, 0) is 75.4 Å². The third-order valence-corrected chi connectivity index (χ3v) is 5.27. The molecule has 0 N–H and O–H groups in total. The fourth-order valence-electron chi connectivity index (χ4n) is 3.08. The molecule has 0 aliphatic heterocycles. The summed E-state index contributed by atoms with van der Waals surface area (Å²) >= 11 is 0. The van der Waals surface area contributed by atoms with Gasteiger partial charge in [0.1, 0.15) is 0 Å². The second-order valence-corrected chi connectivity index (χ2v) is 7.64. The second kappa shape index (κ2) is 15.2. The van der Waals surface area contributed by atoms with E-state index in [2.05, 4.69) is 26.0 Å². The van der Waals surface area contributed by atoms with E-state index in [0.29, 0.717) is 0 Å². The van der Waals surface area contributed by atoms with E-state index in [1.807, 2.05) is 0 Å². The maximum atomic E-state index is 5.20. The Kier molecular flexibility index (Phi) is 13.6. The van der Waals surface area contributed by atoms with E-state index in [4.69, 9.17) is 8.85 Å². The van der Waals surface area contributed by atoms with Crippen LogP contribution in [0.4, 0.5) is 0 Å². The quantitative estimate of drug-likeness (QED) is 0.444. The molecule has 0 spiro atoms. The normalized spacial score (nSPS) is 18.9. The molecule has 0 fully saturated rings. The fourth-order valence-corrected chi connectivity index (χ4v) is 4.01. The van der Waals surface area contributed by atoms with E-state index in [1.54, 1.807) is 11.1 Å². The van der Waals surface area contributed by atoms with E-state index < -0.39 is 10.0 Å². The molecule has 0 unspecified atom stereocenters. The summed E-state index contributed by atoms with van der Waals surface area (Å²) in [6.07, 6.45) is 21.1. The molecule has 2 aliphatic rings. The summed E-state index contributed by atoms with van der Waals surface area (Å²) in [5.41, 5.74) is 3.40. The van der Waals surface area contributed by atoms with Gasteiger partial charge in [0.2, 0.25) is 0 Å². The van der Waals surface area contributed by atoms with Crippen molar-refractivity contribution < 1.29 is 8.85 Å². The molecule has 0 saturated heterocycles. The average molecular weight is 339 g/mol. The van der Waals surface area contributed by atoms with E-state index in [1.165, 1.54) is 64.2 Å². The Morgan fingerprint density at radius 1 is 0.739 bits per heavy atom. The lowest BCUT2D eigenvalue weighted by Gasteiger charge is -2.09. The van der Waals surface area contributed by atoms with E-state index in [9.17, 15) is 0 Å². The predicted molar refractivity (Wildman–Crippen MR) is 103 cm³/mol. The molecule has 0 saturated carbocycles. The molecule has 0 aromatic rings. The summed E-state index contributed by atoms with van der Waals surface area (Å²) in [6, 6.07) is 0. The van der Waals surface area contributed by atoms with Gasteiger partial charge in [0.15, 0.2) is 0 Å². The van der Waals surface area contributed by atoms with Crippen molar-refractivity contribution >= 4 is 10.0 Å². The lowest BCUT2D eigenvalue weighted by atomic mass is 9.97. The number of rotatable bonds is 7. The minimum atomic E-state index is -0.611. The molecule has 0 radical (unpaired) electrons. The summed E-state index contributed by atoms with van der Waals surface area (Å²) in [4.78, 5) is 0. The van der Waals surface area contributed by atoms with Crippen molar-refractivity contribution in [3.63, 3.8) is 0 Å². The number of allylic oxidation sites excluding steroid dienone is 4. The lowest BCUT2D eigenvalue weighted by Crippen LogP contribution is -2.05. The highest BCUT2D eigenvalue weighted by molar-refractivity contribution is 6.17.